The molecule has 3 aliphatic rings. The molecule has 8 atom stereocenters. The topological polar surface area (TPSA) is 101 Å². The van der Waals surface area contributed by atoms with Crippen molar-refractivity contribution in [3.05, 3.63) is 58.6 Å². The van der Waals surface area contributed by atoms with Crippen molar-refractivity contribution in [3.63, 3.8) is 0 Å². The molecule has 7 nitrogen and oxygen atoms in total. The summed E-state index contributed by atoms with van der Waals surface area (Å²) in [6, 6.07) is 0. The van der Waals surface area contributed by atoms with Crippen LogP contribution in [-0.4, -0.2) is 63.9 Å². The molecule has 0 amide bonds. The average molecular weight is 516 g/mol. The third kappa shape index (κ3) is 7.95. The van der Waals surface area contributed by atoms with Crippen molar-refractivity contribution in [2.75, 3.05) is 0 Å². The van der Waals surface area contributed by atoms with Crippen LogP contribution < -0.4 is 0 Å². The maximum Gasteiger partial charge on any atom is 0.330 e. The number of esters is 1. The highest BCUT2D eigenvalue weighted by Crippen LogP contribution is 2.35. The normalized spacial score (nSPS) is 35.1. The number of carbonyl (C=O) groups excluding carboxylic acids is 1. The van der Waals surface area contributed by atoms with Crippen LogP contribution in [0.2, 0.25) is 0 Å². The number of rotatable bonds is 3. The molecule has 8 heteroatoms. The van der Waals surface area contributed by atoms with E-state index in [1.54, 1.807) is 24.4 Å². The number of aliphatic hydroxyl groups excluding tert-OH is 2. The van der Waals surface area contributed by atoms with Crippen LogP contribution in [0.1, 0.15) is 55.3 Å². The first-order chi connectivity index (χ1) is 17.3. The van der Waals surface area contributed by atoms with Crippen LogP contribution in [0.15, 0.2) is 48.7 Å². The minimum atomic E-state index is -1.03. The van der Waals surface area contributed by atoms with Crippen molar-refractivity contribution >= 4 is 23.4 Å². The number of carbonyl (C=O) groups is 1. The summed E-state index contributed by atoms with van der Waals surface area (Å²) in [5, 5.41) is 22.5. The van der Waals surface area contributed by atoms with E-state index in [1.807, 2.05) is 13.0 Å². The zero-order chi connectivity index (χ0) is 25.7. The number of nitrogens with zero attached hydrogens (tertiary/aromatic N) is 1. The molecule has 36 heavy (non-hydrogen) atoms. The molecule has 196 valence electrons. The summed E-state index contributed by atoms with van der Waals surface area (Å²) in [4.78, 5) is 17.7. The van der Waals surface area contributed by atoms with E-state index in [2.05, 4.69) is 24.6 Å². The maximum absolute atomic E-state index is 12.6. The fourth-order valence-corrected chi connectivity index (χ4v) is 5.66. The lowest BCUT2D eigenvalue weighted by atomic mass is 9.91. The van der Waals surface area contributed by atoms with Crippen molar-refractivity contribution in [2.24, 2.45) is 5.92 Å². The van der Waals surface area contributed by atoms with Crippen LogP contribution in [0.25, 0.3) is 6.08 Å². The molecule has 0 spiro atoms. The van der Waals surface area contributed by atoms with Crippen LogP contribution in [-0.2, 0) is 19.0 Å². The van der Waals surface area contributed by atoms with Gasteiger partial charge in [0.1, 0.15) is 18.3 Å². The fraction of sp³-hybridized carbons (Fsp3) is 0.571. The molecule has 1 aromatic heterocycles. The van der Waals surface area contributed by atoms with Gasteiger partial charge in [-0.2, -0.15) is 0 Å². The van der Waals surface area contributed by atoms with Crippen LogP contribution in [0.5, 0.6) is 0 Å². The number of aromatic nitrogens is 1. The number of epoxide rings is 1. The van der Waals surface area contributed by atoms with E-state index >= 15 is 0 Å². The number of hydrogen-bond acceptors (Lipinski definition) is 8. The lowest BCUT2D eigenvalue weighted by molar-refractivity contribution is -0.147. The molecule has 0 saturated carbocycles. The summed E-state index contributed by atoms with van der Waals surface area (Å²) in [5.41, 5.74) is 0.988. The molecule has 4 rings (SSSR count). The fourth-order valence-electron chi connectivity index (χ4n) is 4.97. The second-order valence-corrected chi connectivity index (χ2v) is 11.4. The van der Waals surface area contributed by atoms with Gasteiger partial charge in [-0.1, -0.05) is 43.4 Å². The van der Waals surface area contributed by atoms with Crippen molar-refractivity contribution in [1.29, 1.82) is 0 Å². The lowest BCUT2D eigenvalue weighted by Crippen LogP contribution is -2.32. The molecule has 0 aromatic carbocycles. The first-order valence-corrected chi connectivity index (χ1v) is 13.6. The third-order valence-electron chi connectivity index (χ3n) is 6.75. The Kier molecular flexibility index (Phi) is 9.30. The summed E-state index contributed by atoms with van der Waals surface area (Å²) < 4.78 is 17.6. The molecule has 1 saturated heterocycles. The van der Waals surface area contributed by atoms with Crippen LogP contribution in [0.4, 0.5) is 0 Å². The van der Waals surface area contributed by atoms with Gasteiger partial charge >= 0.3 is 5.97 Å². The maximum atomic E-state index is 12.6. The number of ether oxygens (including phenoxy) is 3. The minimum Gasteiger partial charge on any atom is -0.456 e. The van der Waals surface area contributed by atoms with Gasteiger partial charge in [-0.15, -0.1) is 11.3 Å². The highest BCUT2D eigenvalue weighted by atomic mass is 32.1. The van der Waals surface area contributed by atoms with Crippen LogP contribution in [0.3, 0.4) is 0 Å². The number of aryl methyl sites for hydroxylation is 1. The zero-order valence-corrected chi connectivity index (χ0v) is 21.8. The second kappa shape index (κ2) is 12.4. The van der Waals surface area contributed by atoms with Gasteiger partial charge in [0.05, 0.1) is 29.4 Å². The highest BCUT2D eigenvalue weighted by Gasteiger charge is 2.46. The Morgan fingerprint density at radius 1 is 1.22 bits per heavy atom. The molecule has 0 aliphatic carbocycles. The van der Waals surface area contributed by atoms with Gasteiger partial charge in [0.15, 0.2) is 0 Å². The molecule has 1 fully saturated rings. The van der Waals surface area contributed by atoms with Gasteiger partial charge in [0.2, 0.25) is 0 Å². The molecule has 2 bridgehead atoms. The lowest BCUT2D eigenvalue weighted by Gasteiger charge is -2.28. The quantitative estimate of drug-likeness (QED) is 0.352. The van der Waals surface area contributed by atoms with E-state index in [4.69, 9.17) is 14.2 Å². The molecular weight excluding hydrogens is 478 g/mol. The predicted octanol–water partition coefficient (Wildman–Crippen LogP) is 4.29. The summed E-state index contributed by atoms with van der Waals surface area (Å²) in [6.45, 7) is 8.29. The molecule has 2 N–H and O–H groups in total. The van der Waals surface area contributed by atoms with Gasteiger partial charge in [-0.05, 0) is 51.0 Å². The van der Waals surface area contributed by atoms with Gasteiger partial charge in [-0.3, -0.25) is 0 Å². The largest absolute Gasteiger partial charge is 0.456 e. The summed E-state index contributed by atoms with van der Waals surface area (Å²) >= 11 is 1.51. The molecule has 0 radical (unpaired) electrons. The van der Waals surface area contributed by atoms with Gasteiger partial charge in [-0.25, -0.2) is 9.78 Å². The SMILES string of the molecule is C=C1C[C@H](C)C[C@@H]2CC=C[C@@H](CC=CC(=O)O[C@H]([C@@H](O)C=Cc3cnc(C)s3)C[C@@H]3O[C@H]3[C@@H](O)C1)O2. The van der Waals surface area contributed by atoms with Gasteiger partial charge < -0.3 is 24.4 Å². The van der Waals surface area contributed by atoms with E-state index in [-0.39, 0.29) is 30.8 Å². The van der Waals surface area contributed by atoms with E-state index < -0.39 is 24.3 Å². The van der Waals surface area contributed by atoms with Crippen molar-refractivity contribution < 1.29 is 29.2 Å². The Labute approximate surface area is 217 Å². The monoisotopic (exact) mass is 515 g/mol. The Hall–Kier alpha value is -2.10. The Morgan fingerprint density at radius 3 is 2.83 bits per heavy atom. The number of cyclic esters (lactones) is 1. The number of hydrogen-bond donors (Lipinski definition) is 2. The molecular formula is C28H37NO6S. The number of fused-ring (bicyclic) bond motifs is 3. The second-order valence-electron chi connectivity index (χ2n) is 10.1. The minimum absolute atomic E-state index is 0.0864. The number of aliphatic hydroxyl groups is 2. The van der Waals surface area contributed by atoms with Crippen molar-refractivity contribution in [2.45, 2.75) is 95.1 Å². The van der Waals surface area contributed by atoms with Gasteiger partial charge in [0.25, 0.3) is 0 Å². The van der Waals surface area contributed by atoms with E-state index in [9.17, 15) is 15.0 Å². The Bertz CT molecular complexity index is 1000. The summed E-state index contributed by atoms with van der Waals surface area (Å²) in [6.07, 6.45) is 13.2. The standard InChI is InChI=1S/C28H37NO6S/c1-17-12-18(2)14-24(31)28-26(35-28)15-25(23(30)11-10-22-16-29-19(3)36-22)34-27(32)9-5-7-20-6-4-8-21(13-17)33-20/h4-6,9-11,16-17,20-21,23-26,28,30-31H,2,7-8,12-15H2,1,3H3/t17-,20-,21-,23-,24-,25-,26-,28-/m0/s1. The van der Waals surface area contributed by atoms with Gasteiger partial charge in [0, 0.05) is 23.6 Å². The first-order valence-electron chi connectivity index (χ1n) is 12.7. The van der Waals surface area contributed by atoms with E-state index in [0.717, 1.165) is 34.7 Å². The first kappa shape index (κ1) is 26.9. The van der Waals surface area contributed by atoms with Crippen molar-refractivity contribution in [3.8, 4) is 0 Å². The number of thiazole rings is 1. The van der Waals surface area contributed by atoms with E-state index in [1.165, 1.54) is 17.4 Å². The summed E-state index contributed by atoms with van der Waals surface area (Å²) in [5.74, 6) is -0.144. The predicted molar refractivity (Wildman–Crippen MR) is 139 cm³/mol. The van der Waals surface area contributed by atoms with Crippen molar-refractivity contribution in [1.82, 2.24) is 4.98 Å². The molecule has 3 aliphatic heterocycles. The highest BCUT2D eigenvalue weighted by molar-refractivity contribution is 7.12. The Balaban J connectivity index is 1.46. The smallest absolute Gasteiger partial charge is 0.330 e. The molecule has 1 aromatic rings. The van der Waals surface area contributed by atoms with E-state index in [0.29, 0.717) is 18.8 Å². The molecule has 4 heterocycles. The van der Waals surface area contributed by atoms with Crippen LogP contribution in [0, 0.1) is 12.8 Å². The average Bonchev–Trinajstić information content (AvgIpc) is 3.47. The molecule has 0 unspecified atom stereocenters. The van der Waals surface area contributed by atoms with Crippen LogP contribution >= 0.6 is 11.3 Å². The summed E-state index contributed by atoms with van der Waals surface area (Å²) in [7, 11) is 0. The Morgan fingerprint density at radius 2 is 2.06 bits per heavy atom. The third-order valence-corrected chi connectivity index (χ3v) is 7.63. The zero-order valence-electron chi connectivity index (χ0n) is 21.0.